The van der Waals surface area contributed by atoms with Crippen LogP contribution in [0.25, 0.3) is 18.2 Å². The molecular weight excluding hydrogens is 577 g/mol. The minimum Gasteiger partial charge on any atom is -0.0851 e. The normalized spacial score (nSPS) is 26.1. The highest BCUT2D eigenvalue weighted by atomic mass is 14.2. The number of hydrogen-bond donors (Lipinski definition) is 0. The fraction of sp³-hybridized carbons (Fsp3) is 0.500. The van der Waals surface area contributed by atoms with Gasteiger partial charge in [0.05, 0.1) is 0 Å². The van der Waals surface area contributed by atoms with Gasteiger partial charge in [-0.1, -0.05) is 185 Å². The Balaban J connectivity index is 0.000000163. The summed E-state index contributed by atoms with van der Waals surface area (Å²) in [5.74, 6) is 5.56. The molecule has 0 aromatic heterocycles. The van der Waals surface area contributed by atoms with E-state index in [2.05, 4.69) is 151 Å². The average molecular weight is 643 g/mol. The summed E-state index contributed by atoms with van der Waals surface area (Å²) in [6.45, 7) is 13.5. The number of allylic oxidation sites excluding steroid dienone is 3. The topological polar surface area (TPSA) is 0 Å². The van der Waals surface area contributed by atoms with Crippen LogP contribution < -0.4 is 0 Å². The van der Waals surface area contributed by atoms with Gasteiger partial charge in [-0.15, -0.1) is 0 Å². The van der Waals surface area contributed by atoms with E-state index in [1.807, 2.05) is 0 Å². The highest BCUT2D eigenvalue weighted by Crippen LogP contribution is 2.33. The van der Waals surface area contributed by atoms with E-state index < -0.39 is 0 Å². The second-order valence-electron chi connectivity index (χ2n) is 15.9. The molecule has 0 amide bonds. The van der Waals surface area contributed by atoms with E-state index >= 15 is 0 Å². The van der Waals surface area contributed by atoms with Crippen LogP contribution in [-0.2, 0) is 0 Å². The Morgan fingerprint density at radius 1 is 0.333 bits per heavy atom. The van der Waals surface area contributed by atoms with E-state index in [4.69, 9.17) is 0 Å². The van der Waals surface area contributed by atoms with Crippen LogP contribution in [-0.4, -0.2) is 0 Å². The summed E-state index contributed by atoms with van der Waals surface area (Å²) in [6.07, 6.45) is 31.3. The third kappa shape index (κ3) is 14.6. The highest BCUT2D eigenvalue weighted by molar-refractivity contribution is 5.69. The van der Waals surface area contributed by atoms with Gasteiger partial charge >= 0.3 is 0 Å². The maximum absolute atomic E-state index is 2.56. The molecule has 3 aliphatic rings. The standard InChI is InChI=1S/C16H28.C16H22.C16H16/c3*1-13-3-7-15(8-4-13)11-12-16-9-5-14(2)6-10-16/h11-16H,3-10H2,1-2H3;3-4,7-8,11-12,14,16H,5-6,9-10H2,1-2H3;3-12H,1-2H3. The summed E-state index contributed by atoms with van der Waals surface area (Å²) in [7, 11) is 0. The molecular formula is C48H66. The third-order valence-corrected chi connectivity index (χ3v) is 11.1. The zero-order valence-electron chi connectivity index (χ0n) is 31.3. The summed E-state index contributed by atoms with van der Waals surface area (Å²) in [5.41, 5.74) is 7.75. The Morgan fingerprint density at radius 3 is 0.875 bits per heavy atom. The summed E-state index contributed by atoms with van der Waals surface area (Å²) < 4.78 is 0. The number of rotatable bonds is 6. The molecule has 0 aliphatic heterocycles. The van der Waals surface area contributed by atoms with Gasteiger partial charge in [-0.2, -0.15) is 0 Å². The van der Waals surface area contributed by atoms with Crippen molar-refractivity contribution in [1.82, 2.24) is 0 Å². The lowest BCUT2D eigenvalue weighted by molar-refractivity contribution is 0.318. The maximum atomic E-state index is 2.56. The Bertz CT molecular complexity index is 1290. The highest BCUT2D eigenvalue weighted by Gasteiger charge is 2.19. The van der Waals surface area contributed by atoms with Crippen molar-refractivity contribution in [2.45, 2.75) is 119 Å². The summed E-state index contributed by atoms with van der Waals surface area (Å²) >= 11 is 0. The molecule has 0 heterocycles. The van der Waals surface area contributed by atoms with E-state index in [0.717, 1.165) is 35.5 Å². The largest absolute Gasteiger partial charge is 0.0851 e. The average Bonchev–Trinajstić information content (AvgIpc) is 3.10. The first kappa shape index (κ1) is 37.7. The zero-order chi connectivity index (χ0) is 34.1. The van der Waals surface area contributed by atoms with Gasteiger partial charge in [0.2, 0.25) is 0 Å². The van der Waals surface area contributed by atoms with Crippen LogP contribution in [0, 0.1) is 56.3 Å². The lowest BCUT2D eigenvalue weighted by atomic mass is 9.80. The van der Waals surface area contributed by atoms with Crippen molar-refractivity contribution in [3.05, 3.63) is 124 Å². The molecule has 3 saturated carbocycles. The van der Waals surface area contributed by atoms with Gasteiger partial charge in [0.15, 0.2) is 0 Å². The van der Waals surface area contributed by atoms with Gasteiger partial charge in [0, 0.05) is 0 Å². The van der Waals surface area contributed by atoms with E-state index in [1.165, 1.54) is 110 Å². The smallest absolute Gasteiger partial charge is 0.0230 e. The summed E-state index contributed by atoms with van der Waals surface area (Å²) in [4.78, 5) is 0. The van der Waals surface area contributed by atoms with Gasteiger partial charge in [-0.25, -0.2) is 0 Å². The van der Waals surface area contributed by atoms with Gasteiger partial charge in [0.1, 0.15) is 0 Å². The molecule has 3 aliphatic carbocycles. The van der Waals surface area contributed by atoms with Gasteiger partial charge in [-0.3, -0.25) is 0 Å². The molecule has 0 heteroatoms. The molecule has 0 unspecified atom stereocenters. The predicted molar refractivity (Wildman–Crippen MR) is 214 cm³/mol. The van der Waals surface area contributed by atoms with Crippen LogP contribution in [0.3, 0.4) is 0 Å². The molecule has 3 fully saturated rings. The molecule has 3 aromatic rings. The molecule has 0 N–H and O–H groups in total. The van der Waals surface area contributed by atoms with Crippen LogP contribution in [0.1, 0.15) is 131 Å². The fourth-order valence-electron chi connectivity index (χ4n) is 7.22. The Hall–Kier alpha value is -3.12. The first-order chi connectivity index (χ1) is 23.2. The van der Waals surface area contributed by atoms with Crippen molar-refractivity contribution < 1.29 is 0 Å². The molecule has 0 saturated heterocycles. The molecule has 0 atom stereocenters. The lowest BCUT2D eigenvalue weighted by Crippen LogP contribution is -2.12. The minimum absolute atomic E-state index is 0.817. The summed E-state index contributed by atoms with van der Waals surface area (Å²) in [5, 5.41) is 0. The predicted octanol–water partition coefficient (Wildman–Crippen LogP) is 14.5. The molecule has 0 bridgehead atoms. The Morgan fingerprint density at radius 2 is 0.583 bits per heavy atom. The summed E-state index contributed by atoms with van der Waals surface area (Å²) in [6, 6.07) is 25.9. The molecule has 0 spiro atoms. The third-order valence-electron chi connectivity index (χ3n) is 11.1. The van der Waals surface area contributed by atoms with Crippen molar-refractivity contribution >= 4 is 18.2 Å². The van der Waals surface area contributed by atoms with Crippen LogP contribution in [0.15, 0.2) is 91.0 Å². The van der Waals surface area contributed by atoms with Gasteiger partial charge in [0.25, 0.3) is 0 Å². The number of benzene rings is 3. The quantitative estimate of drug-likeness (QED) is 0.185. The number of aryl methyl sites for hydroxylation is 3. The van der Waals surface area contributed by atoms with Gasteiger partial charge in [-0.05, 0) is 111 Å². The van der Waals surface area contributed by atoms with Gasteiger partial charge < -0.3 is 0 Å². The lowest BCUT2D eigenvalue weighted by Gasteiger charge is -2.26. The number of hydrogen-bond acceptors (Lipinski definition) is 0. The zero-order valence-corrected chi connectivity index (χ0v) is 31.3. The van der Waals surface area contributed by atoms with Crippen molar-refractivity contribution in [3.63, 3.8) is 0 Å². The van der Waals surface area contributed by atoms with Crippen molar-refractivity contribution in [3.8, 4) is 0 Å². The molecule has 3 aromatic carbocycles. The van der Waals surface area contributed by atoms with E-state index in [1.54, 1.807) is 0 Å². The molecule has 0 nitrogen and oxygen atoms in total. The van der Waals surface area contributed by atoms with Crippen molar-refractivity contribution in [2.24, 2.45) is 35.5 Å². The second-order valence-corrected chi connectivity index (χ2v) is 15.9. The molecule has 0 radical (unpaired) electrons. The molecule has 258 valence electrons. The van der Waals surface area contributed by atoms with E-state index in [0.29, 0.717) is 0 Å². The van der Waals surface area contributed by atoms with E-state index in [9.17, 15) is 0 Å². The second kappa shape index (κ2) is 20.4. The molecule has 6 rings (SSSR count). The monoisotopic (exact) mass is 643 g/mol. The fourth-order valence-corrected chi connectivity index (χ4v) is 7.22. The van der Waals surface area contributed by atoms with Crippen molar-refractivity contribution in [1.29, 1.82) is 0 Å². The Kier molecular flexibility index (Phi) is 16.0. The van der Waals surface area contributed by atoms with Crippen molar-refractivity contribution in [2.75, 3.05) is 0 Å². The van der Waals surface area contributed by atoms with Crippen LogP contribution in [0.4, 0.5) is 0 Å². The first-order valence-electron chi connectivity index (χ1n) is 19.5. The minimum atomic E-state index is 0.817. The van der Waals surface area contributed by atoms with E-state index in [-0.39, 0.29) is 0 Å². The van der Waals surface area contributed by atoms with Crippen LogP contribution in [0.2, 0.25) is 0 Å². The maximum Gasteiger partial charge on any atom is -0.0230 e. The van der Waals surface area contributed by atoms with Crippen LogP contribution >= 0.6 is 0 Å². The molecule has 48 heavy (non-hydrogen) atoms. The Labute approximate surface area is 295 Å². The first-order valence-corrected chi connectivity index (χ1v) is 19.5. The van der Waals surface area contributed by atoms with Crippen LogP contribution in [0.5, 0.6) is 0 Å². The SMILES string of the molecule is CC1CCC(C=CC2CCC(C)CC2)CC1.Cc1ccc(C=CC2CCC(C)CC2)cc1.Cc1ccc(C=Cc2ccc(C)cc2)cc1.